The van der Waals surface area contributed by atoms with E-state index in [1.165, 1.54) is 0 Å². The molecular formula is C17H23NO3. The molecule has 0 aromatic heterocycles. The quantitative estimate of drug-likeness (QED) is 0.780. The maximum atomic E-state index is 12.6. The van der Waals surface area contributed by atoms with Gasteiger partial charge in [0.25, 0.3) is 5.91 Å². The molecule has 0 spiro atoms. The molecule has 1 aliphatic heterocycles. The normalized spacial score (nSPS) is 17.3. The van der Waals surface area contributed by atoms with E-state index in [0.717, 1.165) is 17.5 Å². The molecule has 1 aromatic rings. The number of esters is 1. The summed E-state index contributed by atoms with van der Waals surface area (Å²) in [7, 11) is 0. The summed E-state index contributed by atoms with van der Waals surface area (Å²) in [6.07, 6.45) is 0.542. The van der Waals surface area contributed by atoms with Crippen molar-refractivity contribution >= 4 is 11.9 Å². The SMILES string of the molecule is CCCC(=O)OC1c2cccc(C)c2C(=O)N1CC(C)C. The van der Waals surface area contributed by atoms with Crippen LogP contribution < -0.4 is 0 Å². The van der Waals surface area contributed by atoms with Crippen molar-refractivity contribution in [3.8, 4) is 0 Å². The lowest BCUT2D eigenvalue weighted by Gasteiger charge is -2.26. The summed E-state index contributed by atoms with van der Waals surface area (Å²) in [5.74, 6) is 0.0282. The highest BCUT2D eigenvalue weighted by Gasteiger charge is 2.40. The van der Waals surface area contributed by atoms with Gasteiger partial charge in [-0.25, -0.2) is 0 Å². The number of carbonyl (C=O) groups excluding carboxylic acids is 2. The Labute approximate surface area is 126 Å². The minimum Gasteiger partial charge on any atom is -0.437 e. The van der Waals surface area contributed by atoms with Crippen molar-refractivity contribution in [3.05, 3.63) is 34.9 Å². The zero-order valence-corrected chi connectivity index (χ0v) is 13.2. The maximum absolute atomic E-state index is 12.6. The first-order valence-electron chi connectivity index (χ1n) is 7.55. The largest absolute Gasteiger partial charge is 0.437 e. The van der Waals surface area contributed by atoms with E-state index in [1.54, 1.807) is 4.90 Å². The summed E-state index contributed by atoms with van der Waals surface area (Å²) in [6.45, 7) is 8.53. The fourth-order valence-corrected chi connectivity index (χ4v) is 2.69. The molecular weight excluding hydrogens is 266 g/mol. The summed E-state index contributed by atoms with van der Waals surface area (Å²) in [6, 6.07) is 5.70. The van der Waals surface area contributed by atoms with Crippen LogP contribution in [0.5, 0.6) is 0 Å². The number of hydrogen-bond acceptors (Lipinski definition) is 3. The zero-order chi connectivity index (χ0) is 15.6. The van der Waals surface area contributed by atoms with Gasteiger partial charge < -0.3 is 4.74 Å². The van der Waals surface area contributed by atoms with E-state index in [1.807, 2.05) is 45.9 Å². The first-order chi connectivity index (χ1) is 9.95. The van der Waals surface area contributed by atoms with Crippen LogP contribution in [-0.2, 0) is 9.53 Å². The lowest BCUT2D eigenvalue weighted by Crippen LogP contribution is -2.34. The van der Waals surface area contributed by atoms with Gasteiger partial charge in [0.15, 0.2) is 0 Å². The van der Waals surface area contributed by atoms with Crippen molar-refractivity contribution in [1.82, 2.24) is 4.90 Å². The molecule has 21 heavy (non-hydrogen) atoms. The summed E-state index contributed by atoms with van der Waals surface area (Å²) >= 11 is 0. The molecule has 2 rings (SSSR count). The number of nitrogens with zero attached hydrogens (tertiary/aromatic N) is 1. The van der Waals surface area contributed by atoms with Gasteiger partial charge in [-0.3, -0.25) is 14.5 Å². The second-order valence-corrected chi connectivity index (χ2v) is 5.98. The smallest absolute Gasteiger partial charge is 0.307 e. The lowest BCUT2D eigenvalue weighted by atomic mass is 10.0. The van der Waals surface area contributed by atoms with E-state index in [0.29, 0.717) is 24.4 Å². The van der Waals surface area contributed by atoms with E-state index >= 15 is 0 Å². The van der Waals surface area contributed by atoms with Crippen molar-refractivity contribution < 1.29 is 14.3 Å². The van der Waals surface area contributed by atoms with Gasteiger partial charge in [-0.2, -0.15) is 0 Å². The number of fused-ring (bicyclic) bond motifs is 1. The van der Waals surface area contributed by atoms with Crippen molar-refractivity contribution in [2.24, 2.45) is 5.92 Å². The third-order valence-corrected chi connectivity index (χ3v) is 3.59. The van der Waals surface area contributed by atoms with Crippen LogP contribution in [0, 0.1) is 12.8 Å². The van der Waals surface area contributed by atoms with Gasteiger partial charge in [0, 0.05) is 18.5 Å². The lowest BCUT2D eigenvalue weighted by molar-refractivity contribution is -0.157. The Morgan fingerprint density at radius 1 is 1.38 bits per heavy atom. The number of rotatable bonds is 5. The van der Waals surface area contributed by atoms with Crippen molar-refractivity contribution in [1.29, 1.82) is 0 Å². The number of hydrogen-bond donors (Lipinski definition) is 0. The highest BCUT2D eigenvalue weighted by Crippen LogP contribution is 2.36. The Bertz CT molecular complexity index is 551. The monoisotopic (exact) mass is 289 g/mol. The highest BCUT2D eigenvalue weighted by molar-refractivity contribution is 6.00. The number of benzene rings is 1. The molecule has 0 N–H and O–H groups in total. The first kappa shape index (κ1) is 15.5. The topological polar surface area (TPSA) is 46.6 Å². The van der Waals surface area contributed by atoms with Crippen LogP contribution in [0.15, 0.2) is 18.2 Å². The molecule has 0 bridgehead atoms. The Morgan fingerprint density at radius 3 is 2.71 bits per heavy atom. The van der Waals surface area contributed by atoms with E-state index < -0.39 is 6.23 Å². The summed E-state index contributed by atoms with van der Waals surface area (Å²) in [5.41, 5.74) is 2.43. The molecule has 4 nitrogen and oxygen atoms in total. The summed E-state index contributed by atoms with van der Waals surface area (Å²) in [5, 5.41) is 0. The van der Waals surface area contributed by atoms with E-state index in [4.69, 9.17) is 4.74 Å². The Morgan fingerprint density at radius 2 is 2.10 bits per heavy atom. The fourth-order valence-electron chi connectivity index (χ4n) is 2.69. The Hall–Kier alpha value is -1.84. The second kappa shape index (κ2) is 6.29. The first-order valence-corrected chi connectivity index (χ1v) is 7.55. The zero-order valence-electron chi connectivity index (χ0n) is 13.2. The van der Waals surface area contributed by atoms with Gasteiger partial charge >= 0.3 is 5.97 Å². The molecule has 114 valence electrons. The number of carbonyl (C=O) groups is 2. The maximum Gasteiger partial charge on any atom is 0.307 e. The predicted molar refractivity (Wildman–Crippen MR) is 80.8 cm³/mol. The average Bonchev–Trinajstić information content (AvgIpc) is 2.65. The highest BCUT2D eigenvalue weighted by atomic mass is 16.6. The molecule has 4 heteroatoms. The van der Waals surface area contributed by atoms with E-state index in [9.17, 15) is 9.59 Å². The number of ether oxygens (including phenoxy) is 1. The third kappa shape index (κ3) is 3.09. The van der Waals surface area contributed by atoms with Crippen molar-refractivity contribution in [2.75, 3.05) is 6.54 Å². The molecule has 1 heterocycles. The molecule has 1 unspecified atom stereocenters. The van der Waals surface area contributed by atoms with Gasteiger partial charge in [-0.05, 0) is 24.8 Å². The predicted octanol–water partition coefficient (Wildman–Crippen LogP) is 3.45. The minimum atomic E-state index is -0.575. The molecule has 1 aromatic carbocycles. The van der Waals surface area contributed by atoms with Gasteiger partial charge in [0.1, 0.15) is 0 Å². The van der Waals surface area contributed by atoms with E-state index in [-0.39, 0.29) is 11.9 Å². The average molecular weight is 289 g/mol. The summed E-state index contributed by atoms with van der Waals surface area (Å²) in [4.78, 5) is 26.2. The molecule has 0 saturated carbocycles. The van der Waals surface area contributed by atoms with Crippen LogP contribution in [0.3, 0.4) is 0 Å². The molecule has 1 amide bonds. The van der Waals surface area contributed by atoms with Crippen molar-refractivity contribution in [3.63, 3.8) is 0 Å². The minimum absolute atomic E-state index is 0.0360. The molecule has 0 saturated heterocycles. The number of amides is 1. The van der Waals surface area contributed by atoms with Gasteiger partial charge in [0.05, 0.1) is 5.56 Å². The molecule has 1 aliphatic rings. The number of aryl methyl sites for hydroxylation is 1. The standard InChI is InChI=1S/C17H23NO3/c1-5-7-14(19)21-17-13-9-6-8-12(4)15(13)16(20)18(17)10-11(2)3/h6,8-9,11,17H,5,7,10H2,1-4H3. The third-order valence-electron chi connectivity index (χ3n) is 3.59. The molecule has 0 radical (unpaired) electrons. The van der Waals surface area contributed by atoms with Crippen molar-refractivity contribution in [2.45, 2.75) is 46.8 Å². The molecule has 1 atom stereocenters. The second-order valence-electron chi connectivity index (χ2n) is 5.98. The van der Waals surface area contributed by atoms with Gasteiger partial charge in [-0.15, -0.1) is 0 Å². The van der Waals surface area contributed by atoms with Crippen LogP contribution in [0.4, 0.5) is 0 Å². The van der Waals surface area contributed by atoms with Crippen LogP contribution >= 0.6 is 0 Å². The molecule has 0 aliphatic carbocycles. The summed E-state index contributed by atoms with van der Waals surface area (Å²) < 4.78 is 5.58. The van der Waals surface area contributed by atoms with Gasteiger partial charge in [-0.1, -0.05) is 39.0 Å². The molecule has 0 fully saturated rings. The van der Waals surface area contributed by atoms with Crippen LogP contribution in [0.2, 0.25) is 0 Å². The fraction of sp³-hybridized carbons (Fsp3) is 0.529. The van der Waals surface area contributed by atoms with Crippen LogP contribution in [0.25, 0.3) is 0 Å². The van der Waals surface area contributed by atoms with E-state index in [2.05, 4.69) is 0 Å². The van der Waals surface area contributed by atoms with Crippen LogP contribution in [0.1, 0.15) is 61.3 Å². The Balaban J connectivity index is 2.35. The Kier molecular flexibility index (Phi) is 4.66. The van der Waals surface area contributed by atoms with Crippen LogP contribution in [-0.4, -0.2) is 23.3 Å². The van der Waals surface area contributed by atoms with Gasteiger partial charge in [0.2, 0.25) is 6.23 Å².